The largest absolute Gasteiger partial charge is 2.00 e. The number of carboxylic acids is 2. The van der Waals surface area contributed by atoms with Crippen LogP contribution in [-0.2, 0) is 26.1 Å². The SMILES string of the molecule is N=C(N)C(=O)[O-].N=C(N)C(=O)[O-].[Ni+2]. The number of aliphatic carboxylic acids is 2. The van der Waals surface area contributed by atoms with Crippen molar-refractivity contribution in [1.82, 2.24) is 0 Å². The van der Waals surface area contributed by atoms with E-state index in [2.05, 4.69) is 11.5 Å². The molecule has 0 fully saturated rings. The van der Waals surface area contributed by atoms with Crippen LogP contribution in [0.1, 0.15) is 0 Å². The van der Waals surface area contributed by atoms with E-state index in [4.69, 9.17) is 10.8 Å². The van der Waals surface area contributed by atoms with E-state index in [-0.39, 0.29) is 16.5 Å². The van der Waals surface area contributed by atoms with Crippen LogP contribution in [0.3, 0.4) is 0 Å². The number of nitrogens with two attached hydrogens (primary N) is 2. The Kier molecular flexibility index (Phi) is 11.4. The molecule has 0 amide bonds. The number of rotatable bonds is 0. The number of amidine groups is 2. The first-order valence-electron chi connectivity index (χ1n) is 2.39. The summed E-state index contributed by atoms with van der Waals surface area (Å²) in [5.41, 5.74) is 8.71. The number of hydrogen-bond donors (Lipinski definition) is 4. The average Bonchev–Trinajstić information content (AvgIpc) is 1.88. The maximum absolute atomic E-state index is 9.24. The van der Waals surface area contributed by atoms with Gasteiger partial charge in [0.15, 0.2) is 0 Å². The standard InChI is InChI=1S/2C2H4N2O2.Ni/c2*3-1(4)2(5)6;/h2*(H3,3,4)(H,5,6);/q;;+2/p-2. The van der Waals surface area contributed by atoms with Crippen molar-refractivity contribution >= 4 is 23.6 Å². The summed E-state index contributed by atoms with van der Waals surface area (Å²) < 4.78 is 0. The fraction of sp³-hybridized carbons (Fsp3) is 0. The molecule has 0 atom stereocenters. The summed E-state index contributed by atoms with van der Waals surface area (Å²) in [6, 6.07) is 0. The van der Waals surface area contributed by atoms with Crippen molar-refractivity contribution in [3.8, 4) is 0 Å². The van der Waals surface area contributed by atoms with Crippen LogP contribution >= 0.6 is 0 Å². The zero-order valence-electron chi connectivity index (χ0n) is 6.10. The van der Waals surface area contributed by atoms with Crippen LogP contribution < -0.4 is 21.7 Å². The van der Waals surface area contributed by atoms with E-state index >= 15 is 0 Å². The molecule has 13 heavy (non-hydrogen) atoms. The average molecular weight is 233 g/mol. The Bertz CT molecular complexity index is 180. The van der Waals surface area contributed by atoms with Crippen molar-refractivity contribution in [2.75, 3.05) is 0 Å². The van der Waals surface area contributed by atoms with Crippen LogP contribution in [0.4, 0.5) is 0 Å². The molecule has 0 aromatic heterocycles. The summed E-state index contributed by atoms with van der Waals surface area (Å²) in [5.74, 6) is -5.13. The Morgan fingerprint density at radius 1 is 0.923 bits per heavy atom. The Balaban J connectivity index is -0.000000143. The van der Waals surface area contributed by atoms with Crippen molar-refractivity contribution in [3.05, 3.63) is 0 Å². The fourth-order valence-corrected chi connectivity index (χ4v) is 0. The molecular weight excluding hydrogens is 227 g/mol. The van der Waals surface area contributed by atoms with Gasteiger partial charge in [-0.2, -0.15) is 0 Å². The minimum absolute atomic E-state index is 0. The van der Waals surface area contributed by atoms with Crippen LogP contribution in [0.5, 0.6) is 0 Å². The van der Waals surface area contributed by atoms with Gasteiger partial charge in [-0.25, -0.2) is 0 Å². The quantitative estimate of drug-likeness (QED) is 0.185. The van der Waals surface area contributed by atoms with Gasteiger partial charge in [0.25, 0.3) is 0 Å². The number of nitrogens with one attached hydrogen (secondary N) is 2. The van der Waals surface area contributed by atoms with E-state index in [1.54, 1.807) is 0 Å². The van der Waals surface area contributed by atoms with Crippen LogP contribution in [0.25, 0.3) is 0 Å². The zero-order chi connectivity index (χ0) is 10.3. The van der Waals surface area contributed by atoms with Gasteiger partial charge in [-0.1, -0.05) is 0 Å². The third kappa shape index (κ3) is 17.9. The molecule has 0 aromatic carbocycles. The van der Waals surface area contributed by atoms with E-state index < -0.39 is 23.6 Å². The topological polar surface area (TPSA) is 180 Å². The van der Waals surface area contributed by atoms with E-state index in [1.807, 2.05) is 0 Å². The predicted octanol–water partition coefficient (Wildman–Crippen LogP) is -4.66. The molecule has 8 nitrogen and oxygen atoms in total. The zero-order valence-corrected chi connectivity index (χ0v) is 7.09. The molecule has 0 saturated carbocycles. The number of carboxylic acid groups (broad SMARTS) is 2. The van der Waals surface area contributed by atoms with Crippen molar-refractivity contribution < 1.29 is 36.3 Å². The molecule has 0 heterocycles. The van der Waals surface area contributed by atoms with Gasteiger partial charge in [-0.05, 0) is 0 Å². The van der Waals surface area contributed by atoms with Crippen molar-refractivity contribution in [3.63, 3.8) is 0 Å². The molecule has 0 aliphatic carbocycles. The van der Waals surface area contributed by atoms with E-state index in [0.717, 1.165) is 0 Å². The molecular formula is C4H6N4NiO4. The molecule has 0 unspecified atom stereocenters. The first kappa shape index (κ1) is 17.5. The molecule has 0 saturated heterocycles. The van der Waals surface area contributed by atoms with E-state index in [0.29, 0.717) is 0 Å². The minimum Gasteiger partial charge on any atom is -0.542 e. The van der Waals surface area contributed by atoms with Gasteiger partial charge < -0.3 is 31.3 Å². The smallest absolute Gasteiger partial charge is 0.542 e. The molecule has 76 valence electrons. The summed E-state index contributed by atoms with van der Waals surface area (Å²) in [7, 11) is 0. The summed E-state index contributed by atoms with van der Waals surface area (Å²) in [5, 5.41) is 30.6. The number of carbonyl (C=O) groups is 2. The van der Waals surface area contributed by atoms with E-state index in [9.17, 15) is 19.8 Å². The molecule has 9 heteroatoms. The van der Waals surface area contributed by atoms with Crippen LogP contribution in [0, 0.1) is 10.8 Å². The summed E-state index contributed by atoms with van der Waals surface area (Å²) in [6.07, 6.45) is 0. The van der Waals surface area contributed by atoms with Crippen molar-refractivity contribution in [2.45, 2.75) is 0 Å². The maximum atomic E-state index is 9.24. The molecule has 0 bridgehead atoms. The van der Waals surface area contributed by atoms with Crippen LogP contribution in [-0.4, -0.2) is 23.6 Å². The Morgan fingerprint density at radius 2 is 1.00 bits per heavy atom. The van der Waals surface area contributed by atoms with Gasteiger partial charge in [0.2, 0.25) is 0 Å². The Morgan fingerprint density at radius 3 is 1.00 bits per heavy atom. The number of hydrogen-bond acceptors (Lipinski definition) is 6. The summed E-state index contributed by atoms with van der Waals surface area (Å²) >= 11 is 0. The fourth-order valence-electron chi connectivity index (χ4n) is 0. The second-order valence-corrected chi connectivity index (χ2v) is 1.40. The molecule has 0 aliphatic rings. The van der Waals surface area contributed by atoms with Crippen LogP contribution in [0.15, 0.2) is 0 Å². The van der Waals surface area contributed by atoms with E-state index in [1.165, 1.54) is 0 Å². The van der Waals surface area contributed by atoms with Gasteiger partial charge in [0.05, 0.1) is 0 Å². The van der Waals surface area contributed by atoms with Gasteiger partial charge >= 0.3 is 16.5 Å². The van der Waals surface area contributed by atoms with Crippen molar-refractivity contribution in [1.29, 1.82) is 10.8 Å². The summed E-state index contributed by atoms with van der Waals surface area (Å²) in [6.45, 7) is 0. The van der Waals surface area contributed by atoms with Gasteiger partial charge in [0.1, 0.15) is 23.6 Å². The number of carbonyl (C=O) groups excluding carboxylic acids is 2. The molecule has 6 N–H and O–H groups in total. The molecule has 0 aliphatic heterocycles. The molecule has 0 spiro atoms. The molecule has 0 rings (SSSR count). The summed E-state index contributed by atoms with van der Waals surface area (Å²) in [4.78, 5) is 18.5. The predicted molar refractivity (Wildman–Crippen MR) is 33.8 cm³/mol. The second kappa shape index (κ2) is 8.47. The first-order valence-corrected chi connectivity index (χ1v) is 2.39. The second-order valence-electron chi connectivity index (χ2n) is 1.40. The normalized spacial score (nSPS) is 6.77. The van der Waals surface area contributed by atoms with Gasteiger partial charge in [0, 0.05) is 0 Å². The van der Waals surface area contributed by atoms with Gasteiger partial charge in [-0.15, -0.1) is 0 Å². The van der Waals surface area contributed by atoms with Crippen LogP contribution in [0.2, 0.25) is 0 Å². The minimum atomic E-state index is -1.63. The van der Waals surface area contributed by atoms with Gasteiger partial charge in [-0.3, -0.25) is 10.8 Å². The third-order valence-electron chi connectivity index (χ3n) is 0.440. The third-order valence-corrected chi connectivity index (χ3v) is 0.440. The Labute approximate surface area is 82.8 Å². The first-order chi connectivity index (χ1) is 5.29. The molecule has 0 aromatic rings. The molecule has 0 radical (unpaired) electrons. The maximum Gasteiger partial charge on any atom is 2.00 e. The van der Waals surface area contributed by atoms with Crippen molar-refractivity contribution in [2.24, 2.45) is 11.5 Å². The monoisotopic (exact) mass is 232 g/mol. The Hall–Kier alpha value is -1.63.